The van der Waals surface area contributed by atoms with Crippen LogP contribution in [0, 0.1) is 0 Å². The van der Waals surface area contributed by atoms with Gasteiger partial charge in [-0.2, -0.15) is 13.2 Å². The van der Waals surface area contributed by atoms with E-state index < -0.39 is 11.9 Å². The van der Waals surface area contributed by atoms with Gasteiger partial charge in [0.2, 0.25) is 0 Å². The molecule has 2 heterocycles. The Kier molecular flexibility index (Phi) is 4.42. The number of ether oxygens (including phenoxy) is 1. The standard InChI is InChI=1S/C13H15F3N2O/c14-13(15,16)11-2-1-3-12(18-11)17-7-4-10-5-8-19-9-6-10/h1-3,5H,4,6-9H2,(H,17,18). The van der Waals surface area contributed by atoms with E-state index in [4.69, 9.17) is 4.74 Å². The Bertz CT molecular complexity index is 457. The van der Waals surface area contributed by atoms with Gasteiger partial charge in [0.15, 0.2) is 0 Å². The summed E-state index contributed by atoms with van der Waals surface area (Å²) in [5.74, 6) is 0.252. The van der Waals surface area contributed by atoms with Gasteiger partial charge in [0, 0.05) is 6.54 Å². The third-order valence-electron chi connectivity index (χ3n) is 2.85. The molecule has 0 unspecified atom stereocenters. The van der Waals surface area contributed by atoms with Gasteiger partial charge in [-0.3, -0.25) is 0 Å². The average molecular weight is 272 g/mol. The number of halogens is 3. The fourth-order valence-electron chi connectivity index (χ4n) is 1.83. The average Bonchev–Trinajstić information content (AvgIpc) is 2.39. The number of alkyl halides is 3. The second-order valence-electron chi connectivity index (χ2n) is 4.27. The topological polar surface area (TPSA) is 34.1 Å². The van der Waals surface area contributed by atoms with Crippen LogP contribution in [0.25, 0.3) is 0 Å². The van der Waals surface area contributed by atoms with Crippen molar-refractivity contribution >= 4 is 5.82 Å². The molecule has 0 amide bonds. The van der Waals surface area contributed by atoms with E-state index >= 15 is 0 Å². The van der Waals surface area contributed by atoms with Crippen molar-refractivity contribution in [1.82, 2.24) is 4.98 Å². The highest BCUT2D eigenvalue weighted by Gasteiger charge is 2.32. The maximum absolute atomic E-state index is 12.5. The van der Waals surface area contributed by atoms with Crippen LogP contribution in [0.2, 0.25) is 0 Å². The number of nitrogens with zero attached hydrogens (tertiary/aromatic N) is 1. The molecule has 1 N–H and O–H groups in total. The Labute approximate surface area is 109 Å². The molecule has 0 aromatic carbocycles. The third-order valence-corrected chi connectivity index (χ3v) is 2.85. The van der Waals surface area contributed by atoms with Crippen LogP contribution in [0.4, 0.5) is 19.0 Å². The van der Waals surface area contributed by atoms with E-state index in [0.717, 1.165) is 18.9 Å². The summed E-state index contributed by atoms with van der Waals surface area (Å²) in [6.07, 6.45) is -0.704. The molecule has 0 saturated carbocycles. The molecule has 104 valence electrons. The molecule has 6 heteroatoms. The van der Waals surface area contributed by atoms with E-state index in [0.29, 0.717) is 19.8 Å². The van der Waals surface area contributed by atoms with Crippen molar-refractivity contribution in [2.24, 2.45) is 0 Å². The van der Waals surface area contributed by atoms with Crippen LogP contribution in [-0.2, 0) is 10.9 Å². The molecule has 0 atom stereocenters. The smallest absolute Gasteiger partial charge is 0.377 e. The summed E-state index contributed by atoms with van der Waals surface area (Å²) < 4.78 is 42.6. The molecule has 0 fully saturated rings. The molecule has 19 heavy (non-hydrogen) atoms. The lowest BCUT2D eigenvalue weighted by Gasteiger charge is -2.14. The van der Waals surface area contributed by atoms with Gasteiger partial charge in [-0.25, -0.2) is 4.98 Å². The predicted octanol–water partition coefficient (Wildman–Crippen LogP) is 3.25. The first-order valence-corrected chi connectivity index (χ1v) is 6.09. The van der Waals surface area contributed by atoms with Gasteiger partial charge in [-0.15, -0.1) is 0 Å². The zero-order valence-corrected chi connectivity index (χ0v) is 10.3. The van der Waals surface area contributed by atoms with E-state index in [2.05, 4.69) is 10.3 Å². The molecule has 0 bridgehead atoms. The quantitative estimate of drug-likeness (QED) is 0.854. The van der Waals surface area contributed by atoms with Crippen molar-refractivity contribution in [3.8, 4) is 0 Å². The first kappa shape index (κ1) is 13.9. The second kappa shape index (κ2) is 6.06. The molecule has 1 aromatic heterocycles. The monoisotopic (exact) mass is 272 g/mol. The van der Waals surface area contributed by atoms with E-state index in [-0.39, 0.29) is 5.82 Å². The van der Waals surface area contributed by atoms with Crippen molar-refractivity contribution in [3.05, 3.63) is 35.5 Å². The molecule has 2 rings (SSSR count). The molecule has 0 saturated heterocycles. The normalized spacial score (nSPS) is 16.1. The molecule has 1 aromatic rings. The van der Waals surface area contributed by atoms with E-state index in [1.165, 1.54) is 17.7 Å². The fourth-order valence-corrected chi connectivity index (χ4v) is 1.83. The van der Waals surface area contributed by atoms with Crippen molar-refractivity contribution in [2.75, 3.05) is 25.1 Å². The molecule has 0 spiro atoms. The van der Waals surface area contributed by atoms with Crippen LogP contribution in [-0.4, -0.2) is 24.7 Å². The highest BCUT2D eigenvalue weighted by Crippen LogP contribution is 2.28. The summed E-state index contributed by atoms with van der Waals surface area (Å²) in [7, 11) is 0. The maximum atomic E-state index is 12.5. The summed E-state index contributed by atoms with van der Waals surface area (Å²) in [6.45, 7) is 1.91. The SMILES string of the molecule is FC(F)(F)c1cccc(NCCC2=CCOCC2)n1. The van der Waals surface area contributed by atoms with Crippen LogP contribution in [0.1, 0.15) is 18.5 Å². The third kappa shape index (κ3) is 4.24. The van der Waals surface area contributed by atoms with Gasteiger partial charge >= 0.3 is 6.18 Å². The lowest BCUT2D eigenvalue weighted by molar-refractivity contribution is -0.141. The Morgan fingerprint density at radius 2 is 2.16 bits per heavy atom. The lowest BCUT2D eigenvalue weighted by Crippen LogP contribution is -2.12. The zero-order valence-electron chi connectivity index (χ0n) is 10.3. The van der Waals surface area contributed by atoms with Crippen molar-refractivity contribution < 1.29 is 17.9 Å². The molecular weight excluding hydrogens is 257 g/mol. The number of hydrogen-bond acceptors (Lipinski definition) is 3. The second-order valence-corrected chi connectivity index (χ2v) is 4.27. The summed E-state index contributed by atoms with van der Waals surface area (Å²) >= 11 is 0. The summed E-state index contributed by atoms with van der Waals surface area (Å²) in [5, 5.41) is 2.91. The summed E-state index contributed by atoms with van der Waals surface area (Å²) in [6, 6.07) is 3.85. The number of rotatable bonds is 4. The molecule has 0 aliphatic carbocycles. The Balaban J connectivity index is 1.87. The van der Waals surface area contributed by atoms with Crippen molar-refractivity contribution in [1.29, 1.82) is 0 Å². The van der Waals surface area contributed by atoms with Gasteiger partial charge in [0.05, 0.1) is 13.2 Å². The molecule has 1 aliphatic heterocycles. The minimum atomic E-state index is -4.40. The minimum absolute atomic E-state index is 0.252. The summed E-state index contributed by atoms with van der Waals surface area (Å²) in [5.41, 5.74) is 0.397. The van der Waals surface area contributed by atoms with Gasteiger partial charge in [0.25, 0.3) is 0 Å². The van der Waals surface area contributed by atoms with E-state index in [1.54, 1.807) is 0 Å². The largest absolute Gasteiger partial charge is 0.433 e. The number of nitrogens with one attached hydrogen (secondary N) is 1. The molecule has 1 aliphatic rings. The first-order chi connectivity index (χ1) is 9.05. The Hall–Kier alpha value is -1.56. The van der Waals surface area contributed by atoms with Gasteiger partial charge < -0.3 is 10.1 Å². The summed E-state index contributed by atoms with van der Waals surface area (Å²) in [4.78, 5) is 3.55. The van der Waals surface area contributed by atoms with E-state index in [1.807, 2.05) is 6.08 Å². The van der Waals surface area contributed by atoms with Gasteiger partial charge in [0.1, 0.15) is 11.5 Å². The maximum Gasteiger partial charge on any atom is 0.433 e. The number of hydrogen-bond donors (Lipinski definition) is 1. The fraction of sp³-hybridized carbons (Fsp3) is 0.462. The number of pyridine rings is 1. The number of aromatic nitrogens is 1. The zero-order chi connectivity index (χ0) is 13.7. The van der Waals surface area contributed by atoms with Gasteiger partial charge in [-0.1, -0.05) is 17.7 Å². The van der Waals surface area contributed by atoms with Crippen LogP contribution >= 0.6 is 0 Å². The molecular formula is C13H15F3N2O. The lowest BCUT2D eigenvalue weighted by atomic mass is 10.1. The minimum Gasteiger partial charge on any atom is -0.377 e. The van der Waals surface area contributed by atoms with Crippen molar-refractivity contribution in [3.63, 3.8) is 0 Å². The van der Waals surface area contributed by atoms with Crippen LogP contribution in [0.5, 0.6) is 0 Å². The Morgan fingerprint density at radius 3 is 2.84 bits per heavy atom. The van der Waals surface area contributed by atoms with E-state index in [9.17, 15) is 13.2 Å². The molecule has 3 nitrogen and oxygen atoms in total. The number of anilines is 1. The van der Waals surface area contributed by atoms with Gasteiger partial charge in [-0.05, 0) is 25.0 Å². The van der Waals surface area contributed by atoms with Crippen LogP contribution in [0.15, 0.2) is 29.8 Å². The van der Waals surface area contributed by atoms with Crippen LogP contribution in [0.3, 0.4) is 0 Å². The predicted molar refractivity (Wildman–Crippen MR) is 65.9 cm³/mol. The highest BCUT2D eigenvalue weighted by molar-refractivity contribution is 5.36. The van der Waals surface area contributed by atoms with Crippen molar-refractivity contribution in [2.45, 2.75) is 19.0 Å². The molecule has 0 radical (unpaired) electrons. The Morgan fingerprint density at radius 1 is 1.32 bits per heavy atom. The first-order valence-electron chi connectivity index (χ1n) is 6.09. The van der Waals surface area contributed by atoms with Crippen LogP contribution < -0.4 is 5.32 Å². The highest BCUT2D eigenvalue weighted by atomic mass is 19.4.